The van der Waals surface area contributed by atoms with Crippen LogP contribution in [0.3, 0.4) is 0 Å². The van der Waals surface area contributed by atoms with E-state index < -0.39 is 0 Å². The summed E-state index contributed by atoms with van der Waals surface area (Å²) in [7, 11) is 1.70. The first-order valence-corrected chi connectivity index (χ1v) is 10.1. The molecule has 2 aromatic heterocycles. The number of carbonyl (C=O) groups is 1. The van der Waals surface area contributed by atoms with Crippen molar-refractivity contribution in [2.75, 3.05) is 19.5 Å². The van der Waals surface area contributed by atoms with Crippen molar-refractivity contribution in [1.82, 2.24) is 24.8 Å². The number of nitrogens with zero attached hydrogens (tertiary/aromatic N) is 5. The summed E-state index contributed by atoms with van der Waals surface area (Å²) in [4.78, 5) is 12.8. The number of Topliss-reactive ketones (excluding diaryl/α,β-unsaturated/α-hetero) is 1. The minimum Gasteiger partial charge on any atom is -0.383 e. The number of tetrazole rings is 1. The van der Waals surface area contributed by atoms with E-state index in [4.69, 9.17) is 4.74 Å². The van der Waals surface area contributed by atoms with Crippen LogP contribution in [0.4, 0.5) is 0 Å². The first-order chi connectivity index (χ1) is 12.5. The quantitative estimate of drug-likeness (QED) is 0.518. The van der Waals surface area contributed by atoms with Gasteiger partial charge in [0, 0.05) is 24.1 Å². The lowest BCUT2D eigenvalue weighted by molar-refractivity contribution is 0.102. The second-order valence-corrected chi connectivity index (χ2v) is 7.96. The highest BCUT2D eigenvalue weighted by molar-refractivity contribution is 7.99. The molecule has 26 heavy (non-hydrogen) atoms. The summed E-state index contributed by atoms with van der Waals surface area (Å²) in [5, 5.41) is 12.8. The number of ketones is 1. The summed E-state index contributed by atoms with van der Waals surface area (Å²) < 4.78 is 9.33. The standard InChI is InChI=1S/C18H27N5O2S/c1-12-9-16(14(3)22(12)13(2)10-25-4)17(24)11-26-18-19-20-21-23(18)15-7-5-6-8-15/h9,13,15H,5-8,10-11H2,1-4H3/t13-/m0/s1. The van der Waals surface area contributed by atoms with E-state index in [0.29, 0.717) is 18.4 Å². The van der Waals surface area contributed by atoms with Crippen molar-refractivity contribution in [2.24, 2.45) is 0 Å². The van der Waals surface area contributed by atoms with E-state index in [1.807, 2.05) is 24.6 Å². The fraction of sp³-hybridized carbons (Fsp3) is 0.667. The van der Waals surface area contributed by atoms with Crippen molar-refractivity contribution in [1.29, 1.82) is 0 Å². The Hall–Kier alpha value is -1.67. The minimum atomic E-state index is 0.111. The molecule has 142 valence electrons. The second-order valence-electron chi connectivity index (χ2n) is 7.02. The average Bonchev–Trinajstić information content (AvgIpc) is 3.32. The lowest BCUT2D eigenvalue weighted by atomic mass is 10.2. The SMILES string of the molecule is COC[C@H](C)n1c(C)cc(C(=O)CSc2nnnn2C2CCCC2)c1C. The van der Waals surface area contributed by atoms with E-state index in [1.54, 1.807) is 7.11 Å². The van der Waals surface area contributed by atoms with Crippen molar-refractivity contribution in [3.8, 4) is 0 Å². The van der Waals surface area contributed by atoms with Gasteiger partial charge in [-0.25, -0.2) is 4.68 Å². The molecule has 0 unspecified atom stereocenters. The Kier molecular flexibility index (Phi) is 6.13. The van der Waals surface area contributed by atoms with Gasteiger partial charge in [-0.15, -0.1) is 5.10 Å². The van der Waals surface area contributed by atoms with Gasteiger partial charge in [-0.05, 0) is 50.1 Å². The Balaban J connectivity index is 1.70. The summed E-state index contributed by atoms with van der Waals surface area (Å²) >= 11 is 1.43. The van der Waals surface area contributed by atoms with Crippen LogP contribution in [0.5, 0.6) is 0 Å². The summed E-state index contributed by atoms with van der Waals surface area (Å²) in [6.45, 7) is 6.75. The molecule has 8 heteroatoms. The van der Waals surface area contributed by atoms with Gasteiger partial charge >= 0.3 is 0 Å². The van der Waals surface area contributed by atoms with Crippen LogP contribution in [0, 0.1) is 13.8 Å². The third-order valence-electron chi connectivity index (χ3n) is 5.10. The number of rotatable bonds is 8. The molecule has 0 aliphatic heterocycles. The van der Waals surface area contributed by atoms with Gasteiger partial charge < -0.3 is 9.30 Å². The Morgan fingerprint density at radius 3 is 2.81 bits per heavy atom. The van der Waals surface area contributed by atoms with Crippen molar-refractivity contribution < 1.29 is 9.53 Å². The monoisotopic (exact) mass is 377 g/mol. The fourth-order valence-electron chi connectivity index (χ4n) is 3.92. The molecule has 1 aliphatic carbocycles. The maximum Gasteiger partial charge on any atom is 0.210 e. The molecule has 1 fully saturated rings. The van der Waals surface area contributed by atoms with Crippen LogP contribution in [0.15, 0.2) is 11.2 Å². The topological polar surface area (TPSA) is 74.8 Å². The van der Waals surface area contributed by atoms with E-state index in [-0.39, 0.29) is 11.8 Å². The van der Waals surface area contributed by atoms with Gasteiger partial charge in [-0.1, -0.05) is 24.6 Å². The van der Waals surface area contributed by atoms with E-state index in [0.717, 1.165) is 34.9 Å². The molecular formula is C18H27N5O2S. The lowest BCUT2D eigenvalue weighted by Crippen LogP contribution is -2.15. The number of carbonyl (C=O) groups excluding carboxylic acids is 1. The molecule has 0 aromatic carbocycles. The maximum atomic E-state index is 12.8. The van der Waals surface area contributed by atoms with Gasteiger partial charge in [-0.3, -0.25) is 4.79 Å². The number of aromatic nitrogens is 5. The zero-order valence-electron chi connectivity index (χ0n) is 15.9. The molecular weight excluding hydrogens is 350 g/mol. The zero-order chi connectivity index (χ0) is 18.7. The number of methoxy groups -OCH3 is 1. The molecule has 7 nitrogen and oxygen atoms in total. The van der Waals surface area contributed by atoms with Crippen LogP contribution >= 0.6 is 11.8 Å². The predicted octanol–water partition coefficient (Wildman–Crippen LogP) is 3.39. The Bertz CT molecular complexity index is 764. The lowest BCUT2D eigenvalue weighted by Gasteiger charge is -2.17. The third-order valence-corrected chi connectivity index (χ3v) is 6.03. The van der Waals surface area contributed by atoms with Crippen molar-refractivity contribution in [3.63, 3.8) is 0 Å². The summed E-state index contributed by atoms with van der Waals surface area (Å²) in [6.07, 6.45) is 4.68. The molecule has 1 atom stereocenters. The fourth-order valence-corrected chi connectivity index (χ4v) is 4.75. The van der Waals surface area contributed by atoms with Crippen LogP contribution in [0.1, 0.15) is 66.4 Å². The largest absolute Gasteiger partial charge is 0.383 e. The van der Waals surface area contributed by atoms with Gasteiger partial charge in [-0.2, -0.15) is 0 Å². The maximum absolute atomic E-state index is 12.8. The van der Waals surface area contributed by atoms with E-state index >= 15 is 0 Å². The third kappa shape index (κ3) is 3.86. The van der Waals surface area contributed by atoms with Crippen molar-refractivity contribution in [2.45, 2.75) is 63.7 Å². The normalized spacial score (nSPS) is 16.3. The number of thioether (sulfide) groups is 1. The average molecular weight is 378 g/mol. The summed E-state index contributed by atoms with van der Waals surface area (Å²) in [5.41, 5.74) is 2.85. The van der Waals surface area contributed by atoms with Crippen LogP contribution in [0.2, 0.25) is 0 Å². The number of aryl methyl sites for hydroxylation is 1. The van der Waals surface area contributed by atoms with E-state index in [9.17, 15) is 4.79 Å². The van der Waals surface area contributed by atoms with Gasteiger partial charge in [0.15, 0.2) is 5.78 Å². The predicted molar refractivity (Wildman–Crippen MR) is 101 cm³/mol. The van der Waals surface area contributed by atoms with Crippen LogP contribution < -0.4 is 0 Å². The molecule has 1 saturated carbocycles. The summed E-state index contributed by atoms with van der Waals surface area (Å²) in [6, 6.07) is 2.55. The highest BCUT2D eigenvalue weighted by Gasteiger charge is 2.23. The molecule has 0 radical (unpaired) electrons. The number of ether oxygens (including phenoxy) is 1. The highest BCUT2D eigenvalue weighted by Crippen LogP contribution is 2.31. The minimum absolute atomic E-state index is 0.111. The summed E-state index contributed by atoms with van der Waals surface area (Å²) in [5.74, 6) is 0.454. The van der Waals surface area contributed by atoms with E-state index in [2.05, 4.69) is 27.0 Å². The van der Waals surface area contributed by atoms with Gasteiger partial charge in [0.1, 0.15) is 0 Å². The van der Waals surface area contributed by atoms with Crippen molar-refractivity contribution >= 4 is 17.5 Å². The molecule has 3 rings (SSSR count). The van der Waals surface area contributed by atoms with Gasteiger partial charge in [0.05, 0.1) is 24.4 Å². The zero-order valence-corrected chi connectivity index (χ0v) is 16.8. The molecule has 0 spiro atoms. The van der Waals surface area contributed by atoms with E-state index in [1.165, 1.54) is 24.6 Å². The molecule has 0 amide bonds. The smallest absolute Gasteiger partial charge is 0.210 e. The molecule has 2 aromatic rings. The Morgan fingerprint density at radius 2 is 2.12 bits per heavy atom. The molecule has 0 saturated heterocycles. The second kappa shape index (κ2) is 8.35. The number of hydrogen-bond donors (Lipinski definition) is 0. The molecule has 0 N–H and O–H groups in total. The molecule has 1 aliphatic rings. The Morgan fingerprint density at radius 1 is 1.38 bits per heavy atom. The van der Waals surface area contributed by atoms with Gasteiger partial charge in [0.25, 0.3) is 0 Å². The van der Waals surface area contributed by atoms with Crippen molar-refractivity contribution in [3.05, 3.63) is 23.0 Å². The van der Waals surface area contributed by atoms with Crippen LogP contribution in [0.25, 0.3) is 0 Å². The molecule has 2 heterocycles. The first kappa shape index (κ1) is 19.1. The van der Waals surface area contributed by atoms with Crippen LogP contribution in [-0.2, 0) is 4.74 Å². The number of hydrogen-bond acceptors (Lipinski definition) is 6. The first-order valence-electron chi connectivity index (χ1n) is 9.14. The Labute approximate surface area is 158 Å². The van der Waals surface area contributed by atoms with Gasteiger partial charge in [0.2, 0.25) is 5.16 Å². The highest BCUT2D eigenvalue weighted by atomic mass is 32.2. The molecule has 0 bridgehead atoms. The van der Waals surface area contributed by atoms with Crippen LogP contribution in [-0.4, -0.2) is 50.0 Å².